The van der Waals surface area contributed by atoms with Gasteiger partial charge in [0.05, 0.1) is 38.0 Å². The summed E-state index contributed by atoms with van der Waals surface area (Å²) >= 11 is 10.5. The number of rotatable bonds is 24. The van der Waals surface area contributed by atoms with Gasteiger partial charge < -0.3 is 89.3 Å². The van der Waals surface area contributed by atoms with Crippen LogP contribution in [0.3, 0.4) is 0 Å². The molecule has 5 aromatic rings. The Hall–Kier alpha value is -6.58. The molecule has 0 spiro atoms. The number of ether oxygens (including phenoxy) is 5. The monoisotopic (exact) mass is 1370 g/mol. The Kier molecular flexibility index (Phi) is 22.9. The smallest absolute Gasteiger partial charge is 0.409 e. The molecule has 502 valence electrons. The normalized spacial score (nSPS) is 29.5. The molecule has 3 unspecified atom stereocenters. The van der Waals surface area contributed by atoms with Gasteiger partial charge in [-0.15, -0.1) is 0 Å². The van der Waals surface area contributed by atoms with E-state index in [-0.39, 0.29) is 96.4 Å². The standard InChI is InChI=1S/C52H66F2N12O22P2S2/c1-24(15-33(70)71)27(67)9-6-4-3-5-7-10-31(68)62-26-16-25(12-13-28(26)85-51-40(74)38(72)39(73)43(86-51)50(75)76)17-80-52(77)64(2)14-8-11-32(69)63-45-37-47(59-21-57-45)66(23-61-37)49-35(54)42-30(84-49)19-82-89(78,91)87-41-29(18-81-90(79,92)88-42)83-48(34(41)53)65-22-60-36-44(55)56-20-58-46(36)65/h12-13,16,20-24,29-30,34-35,38-43,48-49,51,72-74H,3-11,14-15,17-19H2,1-2H3,(H,62,68)(H,70,71)(H,75,76)(H,78,91)(H,79,92)(H2,55,56,58)(H,57,59,63,69)/t24?,29-,30-,34-,35-,38+,39+,40-,41-,42-,43+,48-,49-,51-,89?,90?/m1/s1. The Morgan fingerprint density at radius 3 is 1.93 bits per heavy atom. The minimum Gasteiger partial charge on any atom is -0.481 e. The average Bonchev–Trinajstić information content (AvgIpc) is 1.60. The van der Waals surface area contributed by atoms with Crippen LogP contribution in [0.15, 0.2) is 43.5 Å². The number of aliphatic hydroxyl groups is 3. The molecule has 3 amide bonds. The number of amides is 3. The molecule has 4 aliphatic rings. The zero-order chi connectivity index (χ0) is 66.3. The quantitative estimate of drug-likeness (QED) is 0.0313. The number of nitrogens with two attached hydrogens (primary N) is 1. The number of benzene rings is 1. The Morgan fingerprint density at radius 2 is 1.32 bits per heavy atom. The Morgan fingerprint density at radius 1 is 0.750 bits per heavy atom. The van der Waals surface area contributed by atoms with Crippen molar-refractivity contribution in [3.8, 4) is 5.75 Å². The number of ketones is 1. The fourth-order valence-electron chi connectivity index (χ4n) is 10.4. The molecular formula is C52H66F2N12O22P2S2. The zero-order valence-electron chi connectivity index (χ0n) is 48.8. The minimum atomic E-state index is -4.44. The van der Waals surface area contributed by atoms with Gasteiger partial charge in [0.2, 0.25) is 18.1 Å². The maximum atomic E-state index is 16.8. The van der Waals surface area contributed by atoms with Gasteiger partial charge in [0.15, 0.2) is 59.3 Å². The van der Waals surface area contributed by atoms with Gasteiger partial charge in [0.25, 0.3) is 0 Å². The first-order valence-corrected chi connectivity index (χ1v) is 33.8. The second kappa shape index (κ2) is 30.2. The van der Waals surface area contributed by atoms with E-state index < -0.39 is 142 Å². The van der Waals surface area contributed by atoms with E-state index in [2.05, 4.69) is 40.5 Å². The van der Waals surface area contributed by atoms with Crippen LogP contribution in [-0.4, -0.2) is 209 Å². The molecule has 4 aromatic heterocycles. The summed E-state index contributed by atoms with van der Waals surface area (Å²) in [5, 5.41) is 55.0. The number of nitrogen functional groups attached to an aromatic ring is 1. The molecule has 1 aromatic carbocycles. The fourth-order valence-corrected chi connectivity index (χ4v) is 13.2. The average molecular weight is 1380 g/mol. The minimum absolute atomic E-state index is 0.00322. The number of unbranched alkanes of at least 4 members (excludes halogenated alkanes) is 4. The number of carbonyl (C=O) groups excluding carboxylic acids is 4. The highest BCUT2D eigenvalue weighted by atomic mass is 32.5. The predicted molar refractivity (Wildman–Crippen MR) is 317 cm³/mol. The van der Waals surface area contributed by atoms with Gasteiger partial charge in [-0.1, -0.05) is 32.3 Å². The van der Waals surface area contributed by atoms with E-state index in [1.165, 1.54) is 41.0 Å². The lowest BCUT2D eigenvalue weighted by molar-refractivity contribution is -0.271. The predicted octanol–water partition coefficient (Wildman–Crippen LogP) is 2.58. The van der Waals surface area contributed by atoms with Gasteiger partial charge in [-0.2, -0.15) is 0 Å². The van der Waals surface area contributed by atoms with Crippen LogP contribution in [0.25, 0.3) is 22.3 Å². The largest absolute Gasteiger partial charge is 0.481 e. The second-order valence-corrected chi connectivity index (χ2v) is 27.5. The van der Waals surface area contributed by atoms with Crippen LogP contribution in [0.2, 0.25) is 0 Å². The van der Waals surface area contributed by atoms with E-state index in [0.717, 1.165) is 23.5 Å². The summed E-state index contributed by atoms with van der Waals surface area (Å²) in [6, 6.07) is 4.11. The Balaban J connectivity index is 0.771. The van der Waals surface area contributed by atoms with Gasteiger partial charge in [-0.25, -0.2) is 48.3 Å². The number of nitrogens with zero attached hydrogens (tertiary/aromatic N) is 9. The van der Waals surface area contributed by atoms with E-state index in [9.17, 15) is 59.0 Å². The highest BCUT2D eigenvalue weighted by Crippen LogP contribution is 2.55. The number of nitrogens with one attached hydrogen (secondary N) is 2. The van der Waals surface area contributed by atoms with Gasteiger partial charge in [0.1, 0.15) is 79.0 Å². The molecule has 0 bridgehead atoms. The van der Waals surface area contributed by atoms with Crippen LogP contribution >= 0.6 is 13.4 Å². The lowest BCUT2D eigenvalue weighted by Crippen LogP contribution is -2.61. The molecule has 4 saturated heterocycles. The van der Waals surface area contributed by atoms with Crippen molar-refractivity contribution in [2.45, 2.75) is 158 Å². The Labute approximate surface area is 530 Å². The zero-order valence-corrected chi connectivity index (χ0v) is 52.3. The van der Waals surface area contributed by atoms with Gasteiger partial charge >= 0.3 is 31.5 Å². The third-order valence-corrected chi connectivity index (χ3v) is 18.3. The first-order valence-electron chi connectivity index (χ1n) is 28.6. The molecule has 4 fully saturated rings. The molecule has 8 heterocycles. The fraction of sp³-hybridized carbons (Fsp3) is 0.577. The number of alkyl halides is 2. The molecule has 16 atom stereocenters. The summed E-state index contributed by atoms with van der Waals surface area (Å²) in [7, 11) is 1.41. The van der Waals surface area contributed by atoms with Crippen LogP contribution in [0.1, 0.15) is 89.2 Å². The highest BCUT2D eigenvalue weighted by molar-refractivity contribution is 8.07. The molecule has 40 heteroatoms. The van der Waals surface area contributed by atoms with Crippen molar-refractivity contribution in [1.29, 1.82) is 0 Å². The maximum absolute atomic E-state index is 16.8. The number of anilines is 3. The molecule has 11 N–H and O–H groups in total. The molecule has 4 aliphatic heterocycles. The number of carbonyl (C=O) groups is 6. The van der Waals surface area contributed by atoms with E-state index in [1.807, 2.05) is 0 Å². The molecular weight excluding hydrogens is 1310 g/mol. The molecule has 9 rings (SSSR count). The SMILES string of the molecule is CC(CC(=O)O)C(=O)CCCCCCCC(=O)Nc1cc(COC(=O)N(C)CCCC(=O)Nc2ncnc3c2ncn3[C@@H]2O[C@@H]3COP(O)(=S)O[C@H]4[C@@H](F)[C@H](n5cnc6c(N)ncnc65)O[C@@H]4COP(O)(=S)O[C@H]3[C@H]2F)ccc1O[C@@H]1O[C@H](C(=O)O)[C@@H](O)[C@H](O)[C@H]1O. The number of imidazole rings is 2. The van der Waals surface area contributed by atoms with Gasteiger partial charge in [-0.05, 0) is 60.6 Å². The first kappa shape index (κ1) is 69.8. The van der Waals surface area contributed by atoms with E-state index in [4.69, 9.17) is 76.2 Å². The van der Waals surface area contributed by atoms with E-state index >= 15 is 8.78 Å². The van der Waals surface area contributed by atoms with Crippen molar-refractivity contribution in [2.24, 2.45) is 5.92 Å². The summed E-state index contributed by atoms with van der Waals surface area (Å²) in [5.41, 5.74) is 6.37. The van der Waals surface area contributed by atoms with Crippen LogP contribution in [0.5, 0.6) is 5.75 Å². The van der Waals surface area contributed by atoms with Crippen molar-refractivity contribution < 1.29 is 115 Å². The van der Waals surface area contributed by atoms with E-state index in [0.29, 0.717) is 37.7 Å². The summed E-state index contributed by atoms with van der Waals surface area (Å²) in [6.45, 7) is -9.10. The van der Waals surface area contributed by atoms with Gasteiger partial charge in [0, 0.05) is 38.8 Å². The lowest BCUT2D eigenvalue weighted by atomic mass is 9.97. The number of carboxylic acid groups (broad SMARTS) is 2. The number of aliphatic hydroxyl groups excluding tert-OH is 3. The summed E-state index contributed by atoms with van der Waals surface area (Å²) in [5.74, 6) is -4.75. The number of carboxylic acids is 2. The van der Waals surface area contributed by atoms with Crippen molar-refractivity contribution in [1.82, 2.24) is 43.9 Å². The van der Waals surface area contributed by atoms with Gasteiger partial charge in [-0.3, -0.25) is 37.4 Å². The summed E-state index contributed by atoms with van der Waals surface area (Å²) < 4.78 is 86.4. The third-order valence-electron chi connectivity index (χ3n) is 15.2. The van der Waals surface area contributed by atoms with Crippen LogP contribution < -0.4 is 21.1 Å². The topological polar surface area (TPSA) is 468 Å². The maximum Gasteiger partial charge on any atom is 0.409 e. The molecule has 0 saturated carbocycles. The Bertz CT molecular complexity index is 3620. The van der Waals surface area contributed by atoms with Crippen molar-refractivity contribution in [3.63, 3.8) is 0 Å². The number of hydrogen-bond acceptors (Lipinski definition) is 27. The van der Waals surface area contributed by atoms with Crippen molar-refractivity contribution in [3.05, 3.63) is 49.1 Å². The lowest BCUT2D eigenvalue weighted by Gasteiger charge is -2.38. The number of halogens is 2. The second-order valence-electron chi connectivity index (χ2n) is 21.9. The molecule has 0 aliphatic carbocycles. The van der Waals surface area contributed by atoms with E-state index in [1.54, 1.807) is 6.92 Å². The number of fused-ring (bicyclic) bond motifs is 4. The number of Topliss-reactive ketones (excluding diaryl/α,β-unsaturated/α-hetero) is 1. The number of aromatic nitrogens is 8. The van der Waals surface area contributed by atoms with Crippen molar-refractivity contribution in [2.75, 3.05) is 43.2 Å². The highest BCUT2D eigenvalue weighted by Gasteiger charge is 2.54. The third kappa shape index (κ3) is 16.8. The molecule has 0 radical (unpaired) electrons. The molecule has 34 nitrogen and oxygen atoms in total. The summed E-state index contributed by atoms with van der Waals surface area (Å²) in [4.78, 5) is 123. The number of hydrogen-bond donors (Lipinski definition) is 10. The van der Waals surface area contributed by atoms with Crippen LogP contribution in [0, 0.1) is 5.92 Å². The molecule has 92 heavy (non-hydrogen) atoms. The number of aliphatic carboxylic acids is 2. The first-order chi connectivity index (χ1) is 43.7. The van der Waals surface area contributed by atoms with Crippen LogP contribution in [-0.2, 0) is 91.2 Å². The van der Waals surface area contributed by atoms with Crippen molar-refractivity contribution >= 4 is 112 Å². The van der Waals surface area contributed by atoms with Crippen LogP contribution in [0.4, 0.5) is 30.9 Å². The summed E-state index contributed by atoms with van der Waals surface area (Å²) in [6.07, 6.45) is -16.9.